The van der Waals surface area contributed by atoms with Gasteiger partial charge in [0.1, 0.15) is 0 Å². The molecule has 2 heterocycles. The second kappa shape index (κ2) is 8.61. The van der Waals surface area contributed by atoms with Crippen molar-refractivity contribution in [3.63, 3.8) is 0 Å². The first-order valence-corrected chi connectivity index (χ1v) is 8.39. The standard InChI is InChI=1S/C17H20N8O2/c1-18-17(21-12-16-23-22-15-4-2-3-11-24(15)16)20-10-9-19-13-5-7-14(8-6-13)25(26)27/h2-8,11,19H,9-10,12H2,1H3,(H2,18,20,21). The molecule has 0 bridgehead atoms. The molecule has 10 nitrogen and oxygen atoms in total. The van der Waals surface area contributed by atoms with Gasteiger partial charge in [0, 0.05) is 44.2 Å². The third-order valence-corrected chi connectivity index (χ3v) is 3.85. The molecule has 3 aromatic rings. The van der Waals surface area contributed by atoms with E-state index in [0.717, 1.165) is 17.2 Å². The lowest BCUT2D eigenvalue weighted by atomic mass is 10.3. The first-order valence-electron chi connectivity index (χ1n) is 8.39. The van der Waals surface area contributed by atoms with Gasteiger partial charge in [-0.25, -0.2) is 0 Å². The molecule has 0 aliphatic heterocycles. The van der Waals surface area contributed by atoms with Crippen molar-refractivity contribution in [1.82, 2.24) is 25.2 Å². The van der Waals surface area contributed by atoms with Crippen LogP contribution in [0.15, 0.2) is 53.7 Å². The van der Waals surface area contributed by atoms with Crippen LogP contribution in [0, 0.1) is 10.1 Å². The summed E-state index contributed by atoms with van der Waals surface area (Å²) in [4.78, 5) is 14.4. The Morgan fingerprint density at radius 3 is 2.70 bits per heavy atom. The first-order chi connectivity index (χ1) is 13.2. The van der Waals surface area contributed by atoms with E-state index < -0.39 is 4.92 Å². The molecular weight excluding hydrogens is 348 g/mol. The van der Waals surface area contributed by atoms with Crippen LogP contribution < -0.4 is 16.0 Å². The molecule has 0 saturated carbocycles. The van der Waals surface area contributed by atoms with E-state index in [2.05, 4.69) is 31.1 Å². The number of rotatable bonds is 7. The molecule has 140 valence electrons. The largest absolute Gasteiger partial charge is 0.383 e. The van der Waals surface area contributed by atoms with Gasteiger partial charge in [-0.1, -0.05) is 6.07 Å². The average Bonchev–Trinajstić information content (AvgIpc) is 3.11. The second-order valence-electron chi connectivity index (χ2n) is 5.63. The molecule has 0 amide bonds. The summed E-state index contributed by atoms with van der Waals surface area (Å²) in [5.41, 5.74) is 1.69. The number of guanidine groups is 1. The topological polar surface area (TPSA) is 122 Å². The monoisotopic (exact) mass is 368 g/mol. The third kappa shape index (κ3) is 4.69. The number of hydrogen-bond donors (Lipinski definition) is 3. The van der Waals surface area contributed by atoms with Crippen molar-refractivity contribution in [2.75, 3.05) is 25.5 Å². The molecule has 3 N–H and O–H groups in total. The maximum Gasteiger partial charge on any atom is 0.269 e. The van der Waals surface area contributed by atoms with E-state index >= 15 is 0 Å². The van der Waals surface area contributed by atoms with Crippen LogP contribution in [0.25, 0.3) is 5.65 Å². The molecule has 27 heavy (non-hydrogen) atoms. The molecule has 10 heteroatoms. The molecule has 0 atom stereocenters. The van der Waals surface area contributed by atoms with Gasteiger partial charge in [0.2, 0.25) is 0 Å². The summed E-state index contributed by atoms with van der Waals surface area (Å²) in [5, 5.41) is 28.5. The number of nitro benzene ring substituents is 1. The van der Waals surface area contributed by atoms with Crippen molar-refractivity contribution in [1.29, 1.82) is 0 Å². The normalized spacial score (nSPS) is 11.4. The summed E-state index contributed by atoms with van der Waals surface area (Å²) in [6, 6.07) is 12.0. The molecule has 0 saturated heterocycles. The van der Waals surface area contributed by atoms with Crippen molar-refractivity contribution < 1.29 is 4.92 Å². The SMILES string of the molecule is CN=C(NCCNc1ccc([N+](=O)[O-])cc1)NCc1nnc2ccccn12. The van der Waals surface area contributed by atoms with Gasteiger partial charge in [-0.2, -0.15) is 0 Å². The summed E-state index contributed by atoms with van der Waals surface area (Å²) >= 11 is 0. The molecular formula is C17H20N8O2. The predicted octanol–water partition coefficient (Wildman–Crippen LogP) is 1.41. The Bertz CT molecular complexity index is 936. The minimum absolute atomic E-state index is 0.0734. The maximum absolute atomic E-state index is 10.6. The van der Waals surface area contributed by atoms with Gasteiger partial charge >= 0.3 is 0 Å². The second-order valence-corrected chi connectivity index (χ2v) is 5.63. The Balaban J connectivity index is 1.43. The van der Waals surface area contributed by atoms with Crippen LogP contribution in [0.2, 0.25) is 0 Å². The minimum atomic E-state index is -0.417. The fraction of sp³-hybridized carbons (Fsp3) is 0.235. The molecule has 2 aromatic heterocycles. The van der Waals surface area contributed by atoms with E-state index in [9.17, 15) is 10.1 Å². The van der Waals surface area contributed by atoms with Crippen LogP contribution in [-0.2, 0) is 6.54 Å². The highest BCUT2D eigenvalue weighted by molar-refractivity contribution is 5.79. The van der Waals surface area contributed by atoms with Gasteiger partial charge in [0.15, 0.2) is 17.4 Å². The number of benzene rings is 1. The molecule has 0 radical (unpaired) electrons. The molecule has 1 aromatic carbocycles. The lowest BCUT2D eigenvalue weighted by Crippen LogP contribution is -2.39. The van der Waals surface area contributed by atoms with Crippen LogP contribution in [0.4, 0.5) is 11.4 Å². The number of aromatic nitrogens is 3. The third-order valence-electron chi connectivity index (χ3n) is 3.85. The molecule has 0 unspecified atom stereocenters. The summed E-state index contributed by atoms with van der Waals surface area (Å²) in [7, 11) is 1.70. The lowest BCUT2D eigenvalue weighted by Gasteiger charge is -2.12. The number of anilines is 1. The van der Waals surface area contributed by atoms with E-state index in [0.29, 0.717) is 25.6 Å². The molecule has 0 aliphatic rings. The van der Waals surface area contributed by atoms with Gasteiger partial charge in [-0.05, 0) is 24.3 Å². The van der Waals surface area contributed by atoms with E-state index in [1.54, 1.807) is 19.2 Å². The number of nitrogens with one attached hydrogen (secondary N) is 3. The number of nitrogens with zero attached hydrogens (tertiary/aromatic N) is 5. The van der Waals surface area contributed by atoms with E-state index in [1.165, 1.54) is 12.1 Å². The van der Waals surface area contributed by atoms with Gasteiger partial charge in [0.25, 0.3) is 5.69 Å². The number of aliphatic imine (C=N–C) groups is 1. The number of hydrogen-bond acceptors (Lipinski definition) is 6. The van der Waals surface area contributed by atoms with Crippen molar-refractivity contribution >= 4 is 23.0 Å². The van der Waals surface area contributed by atoms with Gasteiger partial charge in [0.05, 0.1) is 11.5 Å². The number of fused-ring (bicyclic) bond motifs is 1. The van der Waals surface area contributed by atoms with Crippen molar-refractivity contribution in [2.24, 2.45) is 4.99 Å². The van der Waals surface area contributed by atoms with E-state index in [1.807, 2.05) is 28.8 Å². The fourth-order valence-electron chi connectivity index (χ4n) is 2.48. The van der Waals surface area contributed by atoms with E-state index in [4.69, 9.17) is 0 Å². The summed E-state index contributed by atoms with van der Waals surface area (Å²) < 4.78 is 1.91. The Morgan fingerprint density at radius 2 is 1.96 bits per heavy atom. The van der Waals surface area contributed by atoms with Gasteiger partial charge in [-0.3, -0.25) is 19.5 Å². The molecule has 0 aliphatic carbocycles. The molecule has 0 fully saturated rings. The predicted molar refractivity (Wildman–Crippen MR) is 103 cm³/mol. The van der Waals surface area contributed by atoms with Gasteiger partial charge in [-0.15, -0.1) is 10.2 Å². The summed E-state index contributed by atoms with van der Waals surface area (Å²) in [5.74, 6) is 1.44. The first kappa shape index (κ1) is 18.1. The molecule has 0 spiro atoms. The van der Waals surface area contributed by atoms with Crippen LogP contribution in [-0.4, -0.2) is 45.6 Å². The van der Waals surface area contributed by atoms with Crippen LogP contribution >= 0.6 is 0 Å². The number of nitro groups is 1. The summed E-state index contributed by atoms with van der Waals surface area (Å²) in [6.07, 6.45) is 1.91. The highest BCUT2D eigenvalue weighted by Crippen LogP contribution is 2.14. The zero-order valence-electron chi connectivity index (χ0n) is 14.8. The molecule has 3 rings (SSSR count). The van der Waals surface area contributed by atoms with Crippen LogP contribution in [0.1, 0.15) is 5.82 Å². The van der Waals surface area contributed by atoms with Crippen LogP contribution in [0.5, 0.6) is 0 Å². The van der Waals surface area contributed by atoms with Crippen molar-refractivity contribution in [2.45, 2.75) is 6.54 Å². The van der Waals surface area contributed by atoms with Crippen molar-refractivity contribution in [3.05, 3.63) is 64.6 Å². The number of non-ortho nitro benzene ring substituents is 1. The Hall–Kier alpha value is -3.69. The zero-order valence-corrected chi connectivity index (χ0v) is 14.8. The Labute approximate surface area is 155 Å². The number of pyridine rings is 1. The van der Waals surface area contributed by atoms with Gasteiger partial charge < -0.3 is 16.0 Å². The average molecular weight is 368 g/mol. The minimum Gasteiger partial charge on any atom is -0.383 e. The van der Waals surface area contributed by atoms with Crippen molar-refractivity contribution in [3.8, 4) is 0 Å². The smallest absolute Gasteiger partial charge is 0.269 e. The zero-order chi connectivity index (χ0) is 19.1. The lowest BCUT2D eigenvalue weighted by molar-refractivity contribution is -0.384. The Morgan fingerprint density at radius 1 is 1.15 bits per heavy atom. The maximum atomic E-state index is 10.6. The van der Waals surface area contributed by atoms with Crippen LogP contribution in [0.3, 0.4) is 0 Å². The fourth-order valence-corrected chi connectivity index (χ4v) is 2.48. The highest BCUT2D eigenvalue weighted by Gasteiger charge is 2.06. The summed E-state index contributed by atoms with van der Waals surface area (Å²) in [6.45, 7) is 1.74. The van der Waals surface area contributed by atoms with E-state index in [-0.39, 0.29) is 5.69 Å². The highest BCUT2D eigenvalue weighted by atomic mass is 16.6. The Kier molecular flexibility index (Phi) is 5.77. The quantitative estimate of drug-likeness (QED) is 0.189.